The normalized spacial score (nSPS) is 10.6. The molecule has 1 rings (SSSR count). The molecule has 0 unspecified atom stereocenters. The minimum Gasteiger partial charge on any atom is -0.480 e. The van der Waals surface area contributed by atoms with E-state index in [0.717, 1.165) is 13.4 Å². The maximum atomic E-state index is 11.8. The molecule has 0 saturated carbocycles. The van der Waals surface area contributed by atoms with Crippen LogP contribution in [0.5, 0.6) is 0 Å². The first-order chi connectivity index (χ1) is 8.79. The lowest BCUT2D eigenvalue weighted by atomic mass is 10.3. The first kappa shape index (κ1) is 16.6. The second kappa shape index (κ2) is 7.37. The summed E-state index contributed by atoms with van der Waals surface area (Å²) in [5, 5.41) is 11.3. The molecular weight excluding hydrogens is 448 g/mol. The molecule has 0 saturated heterocycles. The predicted octanol–water partition coefficient (Wildman–Crippen LogP) is 2.93. The summed E-state index contributed by atoms with van der Waals surface area (Å²) < 4.78 is 2.32. The molecule has 0 atom stereocenters. The summed E-state index contributed by atoms with van der Waals surface area (Å²) in [5.41, 5.74) is 0.608. The Labute approximate surface area is 135 Å². The molecule has 5 nitrogen and oxygen atoms in total. The number of aliphatic carboxylic acids is 1. The number of carbonyl (C=O) groups is 2. The van der Waals surface area contributed by atoms with Gasteiger partial charge in [0.25, 0.3) is 0 Å². The van der Waals surface area contributed by atoms with E-state index in [2.05, 4.69) is 53.1 Å². The molecule has 0 aliphatic rings. The Morgan fingerprint density at radius 2 is 1.74 bits per heavy atom. The van der Waals surface area contributed by atoms with Gasteiger partial charge in [0.2, 0.25) is 5.91 Å². The van der Waals surface area contributed by atoms with E-state index in [0.29, 0.717) is 5.69 Å². The van der Waals surface area contributed by atoms with Gasteiger partial charge in [0.05, 0.1) is 18.8 Å². The van der Waals surface area contributed by atoms with Crippen LogP contribution in [0.15, 0.2) is 25.6 Å². The Morgan fingerprint density at radius 3 is 2.21 bits per heavy atom. The highest BCUT2D eigenvalue weighted by Gasteiger charge is 2.13. The van der Waals surface area contributed by atoms with Crippen LogP contribution in [-0.2, 0) is 9.59 Å². The van der Waals surface area contributed by atoms with Gasteiger partial charge >= 0.3 is 5.97 Å². The van der Waals surface area contributed by atoms with Gasteiger partial charge in [-0.3, -0.25) is 14.5 Å². The molecule has 1 amide bonds. The summed E-state index contributed by atoms with van der Waals surface area (Å²) in [6.45, 7) is -0.183. The van der Waals surface area contributed by atoms with E-state index in [-0.39, 0.29) is 19.0 Å². The number of hydrogen-bond acceptors (Lipinski definition) is 3. The molecule has 0 aliphatic carbocycles. The van der Waals surface area contributed by atoms with Crippen LogP contribution < -0.4 is 5.32 Å². The number of rotatable bonds is 5. The molecule has 0 spiro atoms. The Balaban J connectivity index is 2.70. The number of benzene rings is 1. The summed E-state index contributed by atoms with van der Waals surface area (Å²) in [7, 11) is 1.57. The molecule has 19 heavy (non-hydrogen) atoms. The molecule has 2 N–H and O–H groups in total. The van der Waals surface area contributed by atoms with Crippen molar-refractivity contribution in [2.45, 2.75) is 0 Å². The molecule has 0 aliphatic heterocycles. The first-order valence-corrected chi connectivity index (χ1v) is 7.52. The van der Waals surface area contributed by atoms with Gasteiger partial charge < -0.3 is 10.4 Å². The van der Waals surface area contributed by atoms with E-state index in [9.17, 15) is 9.59 Å². The summed E-state index contributed by atoms with van der Waals surface area (Å²) in [6, 6.07) is 3.61. The number of anilines is 1. The smallest absolute Gasteiger partial charge is 0.317 e. The molecular formula is C11H11Br3N2O3. The van der Waals surface area contributed by atoms with Crippen molar-refractivity contribution in [2.24, 2.45) is 0 Å². The second-order valence-electron chi connectivity index (χ2n) is 3.86. The molecule has 0 aromatic heterocycles. The Bertz CT molecular complexity index is 485. The van der Waals surface area contributed by atoms with E-state index in [4.69, 9.17) is 5.11 Å². The fourth-order valence-electron chi connectivity index (χ4n) is 1.37. The van der Waals surface area contributed by atoms with Crippen LogP contribution in [0.25, 0.3) is 0 Å². The average molecular weight is 459 g/mol. The number of likely N-dealkylation sites (N-methyl/N-ethyl adjacent to an activating group) is 1. The predicted molar refractivity (Wildman–Crippen MR) is 83.3 cm³/mol. The topological polar surface area (TPSA) is 69.6 Å². The number of halogens is 3. The lowest BCUT2D eigenvalue weighted by Crippen LogP contribution is -2.34. The van der Waals surface area contributed by atoms with Crippen molar-refractivity contribution in [3.8, 4) is 0 Å². The van der Waals surface area contributed by atoms with Crippen LogP contribution in [0.1, 0.15) is 0 Å². The van der Waals surface area contributed by atoms with Crippen molar-refractivity contribution in [3.63, 3.8) is 0 Å². The molecule has 0 heterocycles. The minimum absolute atomic E-state index is 0.00123. The highest BCUT2D eigenvalue weighted by atomic mass is 79.9. The number of amides is 1. The summed E-state index contributed by atoms with van der Waals surface area (Å²) in [4.78, 5) is 23.7. The van der Waals surface area contributed by atoms with Crippen molar-refractivity contribution in [1.82, 2.24) is 4.90 Å². The lowest BCUT2D eigenvalue weighted by Gasteiger charge is -2.15. The maximum Gasteiger partial charge on any atom is 0.317 e. The zero-order valence-electron chi connectivity index (χ0n) is 9.91. The summed E-state index contributed by atoms with van der Waals surface area (Å²) in [5.74, 6) is -1.26. The highest BCUT2D eigenvalue weighted by molar-refractivity contribution is 9.11. The van der Waals surface area contributed by atoms with E-state index < -0.39 is 5.97 Å². The third kappa shape index (κ3) is 5.60. The second-order valence-corrected chi connectivity index (χ2v) is 6.48. The molecule has 0 fully saturated rings. The van der Waals surface area contributed by atoms with Crippen LogP contribution in [0.3, 0.4) is 0 Å². The summed E-state index contributed by atoms with van der Waals surface area (Å²) >= 11 is 10.0. The fourth-order valence-corrected chi connectivity index (χ4v) is 3.83. The summed E-state index contributed by atoms with van der Waals surface area (Å²) in [6.07, 6.45) is 0. The van der Waals surface area contributed by atoms with Gasteiger partial charge in [0.15, 0.2) is 0 Å². The molecule has 0 bridgehead atoms. The number of carbonyl (C=O) groups excluding carboxylic acids is 1. The Kier molecular flexibility index (Phi) is 6.45. The van der Waals surface area contributed by atoms with Crippen molar-refractivity contribution < 1.29 is 14.7 Å². The van der Waals surface area contributed by atoms with Crippen LogP contribution >= 0.6 is 47.8 Å². The zero-order valence-corrected chi connectivity index (χ0v) is 14.7. The fraction of sp³-hybridized carbons (Fsp3) is 0.273. The quantitative estimate of drug-likeness (QED) is 0.712. The van der Waals surface area contributed by atoms with Crippen LogP contribution in [0.2, 0.25) is 0 Å². The SMILES string of the molecule is CN(CC(=O)O)CC(=O)Nc1c(Br)cc(Br)cc1Br. The van der Waals surface area contributed by atoms with E-state index in [1.165, 1.54) is 4.90 Å². The number of hydrogen-bond donors (Lipinski definition) is 2. The van der Waals surface area contributed by atoms with Gasteiger partial charge in [-0.2, -0.15) is 0 Å². The van der Waals surface area contributed by atoms with Gasteiger partial charge in [0, 0.05) is 13.4 Å². The van der Waals surface area contributed by atoms with Gasteiger partial charge in [-0.05, 0) is 51.0 Å². The van der Waals surface area contributed by atoms with E-state index in [1.807, 2.05) is 0 Å². The van der Waals surface area contributed by atoms with Crippen LogP contribution in [-0.4, -0.2) is 42.0 Å². The van der Waals surface area contributed by atoms with Crippen molar-refractivity contribution in [1.29, 1.82) is 0 Å². The molecule has 8 heteroatoms. The largest absolute Gasteiger partial charge is 0.480 e. The third-order valence-electron chi connectivity index (χ3n) is 2.09. The Morgan fingerprint density at radius 1 is 1.21 bits per heavy atom. The molecule has 0 radical (unpaired) electrons. The minimum atomic E-state index is -0.971. The van der Waals surface area contributed by atoms with Gasteiger partial charge in [-0.1, -0.05) is 15.9 Å². The molecule has 1 aromatic carbocycles. The lowest BCUT2D eigenvalue weighted by molar-refractivity contribution is -0.138. The highest BCUT2D eigenvalue weighted by Crippen LogP contribution is 2.34. The monoisotopic (exact) mass is 456 g/mol. The van der Waals surface area contributed by atoms with E-state index in [1.54, 1.807) is 19.2 Å². The number of carboxylic acids is 1. The zero-order chi connectivity index (χ0) is 14.6. The first-order valence-electron chi connectivity index (χ1n) is 5.14. The van der Waals surface area contributed by atoms with Gasteiger partial charge in [-0.15, -0.1) is 0 Å². The number of carboxylic acid groups (broad SMARTS) is 1. The number of nitrogens with one attached hydrogen (secondary N) is 1. The van der Waals surface area contributed by atoms with Crippen molar-refractivity contribution in [3.05, 3.63) is 25.6 Å². The maximum absolute atomic E-state index is 11.8. The van der Waals surface area contributed by atoms with E-state index >= 15 is 0 Å². The van der Waals surface area contributed by atoms with Gasteiger partial charge in [0.1, 0.15) is 0 Å². The third-order valence-corrected chi connectivity index (χ3v) is 3.80. The van der Waals surface area contributed by atoms with Gasteiger partial charge in [-0.25, -0.2) is 0 Å². The Hall–Kier alpha value is -0.440. The molecule has 1 aromatic rings. The average Bonchev–Trinajstić information content (AvgIpc) is 2.21. The van der Waals surface area contributed by atoms with Crippen molar-refractivity contribution >= 4 is 65.4 Å². The standard InChI is InChI=1S/C11H11Br3N2O3/c1-16(5-10(18)19)4-9(17)15-11-7(13)2-6(12)3-8(11)14/h2-3H,4-5H2,1H3,(H,15,17)(H,18,19). The van der Waals surface area contributed by atoms with Crippen molar-refractivity contribution in [2.75, 3.05) is 25.5 Å². The molecule has 104 valence electrons. The van der Waals surface area contributed by atoms with Crippen LogP contribution in [0.4, 0.5) is 5.69 Å². The van der Waals surface area contributed by atoms with Crippen LogP contribution in [0, 0.1) is 0 Å². The number of nitrogens with zero attached hydrogens (tertiary/aromatic N) is 1.